The van der Waals surface area contributed by atoms with Gasteiger partial charge in [0.25, 0.3) is 5.91 Å². The third-order valence-corrected chi connectivity index (χ3v) is 2.87. The van der Waals surface area contributed by atoms with E-state index in [-0.39, 0.29) is 17.6 Å². The summed E-state index contributed by atoms with van der Waals surface area (Å²) in [6.07, 6.45) is -0.227. The molecule has 0 bridgehead atoms. The van der Waals surface area contributed by atoms with Gasteiger partial charge in [-0.05, 0) is 19.1 Å². The number of rotatable bonds is 4. The van der Waals surface area contributed by atoms with E-state index in [1.165, 1.54) is 0 Å². The van der Waals surface area contributed by atoms with Crippen molar-refractivity contribution >= 4 is 5.91 Å². The zero-order valence-corrected chi connectivity index (χ0v) is 11.9. The normalized spacial score (nSPS) is 13.2. The van der Waals surface area contributed by atoms with Crippen LogP contribution in [0.4, 0.5) is 0 Å². The Labute approximate surface area is 110 Å². The number of benzene rings is 1. The number of ether oxygens (including phenoxy) is 1. The second kappa shape index (κ2) is 6.01. The second-order valence-electron chi connectivity index (χ2n) is 5.41. The minimum absolute atomic E-state index is 0.0138. The monoisotopic (exact) mass is 249 g/mol. The molecule has 1 aromatic rings. The molecule has 0 aliphatic heterocycles. The number of carbonyl (C=O) groups excluding carboxylic acids is 1. The summed E-state index contributed by atoms with van der Waals surface area (Å²) in [5.74, 6) is 0.0138. The fraction of sp³-hybridized carbons (Fsp3) is 0.533. The molecule has 3 heteroatoms. The number of nitrogens with zero attached hydrogens (tertiary/aromatic N) is 1. The third kappa shape index (κ3) is 3.33. The Morgan fingerprint density at radius 3 is 2.22 bits per heavy atom. The molecule has 0 spiro atoms. The molecule has 1 aromatic carbocycles. The average molecular weight is 249 g/mol. The van der Waals surface area contributed by atoms with Crippen molar-refractivity contribution in [1.29, 1.82) is 0 Å². The first-order valence-electron chi connectivity index (χ1n) is 6.30. The van der Waals surface area contributed by atoms with Gasteiger partial charge in [-0.1, -0.05) is 39.0 Å². The molecule has 0 aliphatic carbocycles. The van der Waals surface area contributed by atoms with Gasteiger partial charge < -0.3 is 9.64 Å². The Morgan fingerprint density at radius 1 is 1.28 bits per heavy atom. The highest BCUT2D eigenvalue weighted by atomic mass is 16.5. The molecule has 0 saturated carbocycles. The topological polar surface area (TPSA) is 29.5 Å². The van der Waals surface area contributed by atoms with E-state index in [0.717, 1.165) is 0 Å². The summed E-state index contributed by atoms with van der Waals surface area (Å²) < 4.78 is 5.52. The van der Waals surface area contributed by atoms with E-state index in [0.29, 0.717) is 12.1 Å². The highest BCUT2D eigenvalue weighted by Crippen LogP contribution is 2.26. The quantitative estimate of drug-likeness (QED) is 0.767. The maximum absolute atomic E-state index is 12.5. The Bertz CT molecular complexity index is 381. The van der Waals surface area contributed by atoms with Crippen LogP contribution in [0.15, 0.2) is 30.3 Å². The molecule has 1 amide bonds. The van der Waals surface area contributed by atoms with Crippen molar-refractivity contribution in [2.45, 2.75) is 33.9 Å². The number of carbonyl (C=O) groups is 1. The lowest BCUT2D eigenvalue weighted by molar-refractivity contribution is -0.0792. The molecular weight excluding hydrogens is 226 g/mol. The van der Waals surface area contributed by atoms with Gasteiger partial charge in [0.2, 0.25) is 0 Å². The predicted molar refractivity (Wildman–Crippen MR) is 73.4 cm³/mol. The predicted octanol–water partition coefficient (Wildman–Crippen LogP) is 3.17. The van der Waals surface area contributed by atoms with Gasteiger partial charge in [-0.3, -0.25) is 4.79 Å². The molecule has 0 heterocycles. The fourth-order valence-corrected chi connectivity index (χ4v) is 2.11. The van der Waals surface area contributed by atoms with Gasteiger partial charge in [-0.2, -0.15) is 0 Å². The first-order valence-corrected chi connectivity index (χ1v) is 6.30. The zero-order valence-electron chi connectivity index (χ0n) is 11.9. The summed E-state index contributed by atoms with van der Waals surface area (Å²) in [4.78, 5) is 14.2. The van der Waals surface area contributed by atoms with E-state index >= 15 is 0 Å². The Kier molecular flexibility index (Phi) is 4.91. The minimum Gasteiger partial charge on any atom is -0.361 e. The highest BCUT2D eigenvalue weighted by Gasteiger charge is 2.32. The summed E-state index contributed by atoms with van der Waals surface area (Å²) in [7, 11) is 1.65. The number of hydrogen-bond donors (Lipinski definition) is 0. The SMILES string of the molecule is CCN(C(=O)c1ccccc1)C(OC)C(C)(C)C. The average Bonchev–Trinajstić information content (AvgIpc) is 2.34. The van der Waals surface area contributed by atoms with Crippen LogP contribution in [0.1, 0.15) is 38.1 Å². The van der Waals surface area contributed by atoms with Gasteiger partial charge in [0, 0.05) is 24.6 Å². The van der Waals surface area contributed by atoms with Crippen LogP contribution in [0.2, 0.25) is 0 Å². The lowest BCUT2D eigenvalue weighted by Crippen LogP contribution is -2.48. The molecule has 3 nitrogen and oxygen atoms in total. The maximum Gasteiger partial charge on any atom is 0.255 e. The molecule has 18 heavy (non-hydrogen) atoms. The smallest absolute Gasteiger partial charge is 0.255 e. The van der Waals surface area contributed by atoms with Gasteiger partial charge in [0.1, 0.15) is 6.23 Å². The van der Waals surface area contributed by atoms with Crippen molar-refractivity contribution in [3.63, 3.8) is 0 Å². The van der Waals surface area contributed by atoms with Crippen molar-refractivity contribution in [2.24, 2.45) is 5.41 Å². The fourth-order valence-electron chi connectivity index (χ4n) is 2.11. The standard InChI is InChI=1S/C15H23NO2/c1-6-16(14(18-5)15(2,3)4)13(17)12-10-8-7-9-11-12/h7-11,14H,6H2,1-5H3. The zero-order chi connectivity index (χ0) is 13.8. The molecule has 0 aromatic heterocycles. The van der Waals surface area contributed by atoms with Crippen molar-refractivity contribution in [3.8, 4) is 0 Å². The van der Waals surface area contributed by atoms with Gasteiger partial charge in [0.15, 0.2) is 0 Å². The lowest BCUT2D eigenvalue weighted by Gasteiger charge is -2.38. The van der Waals surface area contributed by atoms with Crippen molar-refractivity contribution in [3.05, 3.63) is 35.9 Å². The molecule has 0 N–H and O–H groups in total. The summed E-state index contributed by atoms with van der Waals surface area (Å²) in [6.45, 7) is 8.81. The van der Waals surface area contributed by atoms with Crippen LogP contribution in [0.3, 0.4) is 0 Å². The van der Waals surface area contributed by atoms with E-state index < -0.39 is 0 Å². The van der Waals surface area contributed by atoms with Gasteiger partial charge in [-0.15, -0.1) is 0 Å². The summed E-state index contributed by atoms with van der Waals surface area (Å²) in [6, 6.07) is 9.32. The van der Waals surface area contributed by atoms with Crippen LogP contribution in [0.5, 0.6) is 0 Å². The molecule has 0 fully saturated rings. The molecule has 100 valence electrons. The number of hydrogen-bond acceptors (Lipinski definition) is 2. The number of amides is 1. The molecule has 1 atom stereocenters. The largest absolute Gasteiger partial charge is 0.361 e. The van der Waals surface area contributed by atoms with E-state index in [4.69, 9.17) is 4.74 Å². The Morgan fingerprint density at radius 2 is 1.83 bits per heavy atom. The van der Waals surface area contributed by atoms with Crippen LogP contribution < -0.4 is 0 Å². The van der Waals surface area contributed by atoms with E-state index in [2.05, 4.69) is 20.8 Å². The Balaban J connectivity index is 2.99. The molecule has 1 unspecified atom stereocenters. The van der Waals surface area contributed by atoms with Crippen molar-refractivity contribution < 1.29 is 9.53 Å². The first kappa shape index (κ1) is 14.7. The van der Waals surface area contributed by atoms with Crippen molar-refractivity contribution in [1.82, 2.24) is 4.90 Å². The van der Waals surface area contributed by atoms with E-state index in [1.54, 1.807) is 12.0 Å². The van der Waals surface area contributed by atoms with Gasteiger partial charge in [-0.25, -0.2) is 0 Å². The maximum atomic E-state index is 12.5. The van der Waals surface area contributed by atoms with Crippen LogP contribution in [-0.4, -0.2) is 30.7 Å². The minimum atomic E-state index is -0.227. The summed E-state index contributed by atoms with van der Waals surface area (Å²) >= 11 is 0. The van der Waals surface area contributed by atoms with E-state index in [1.807, 2.05) is 37.3 Å². The van der Waals surface area contributed by atoms with Crippen LogP contribution in [-0.2, 0) is 4.74 Å². The summed E-state index contributed by atoms with van der Waals surface area (Å²) in [5, 5.41) is 0. The molecular formula is C15H23NO2. The molecule has 0 aliphatic rings. The molecule has 1 rings (SSSR count). The third-order valence-electron chi connectivity index (χ3n) is 2.87. The van der Waals surface area contributed by atoms with Crippen LogP contribution in [0.25, 0.3) is 0 Å². The molecule has 0 radical (unpaired) electrons. The Hall–Kier alpha value is -1.35. The first-order chi connectivity index (χ1) is 8.41. The lowest BCUT2D eigenvalue weighted by atomic mass is 9.92. The summed E-state index contributed by atoms with van der Waals surface area (Å²) in [5.41, 5.74) is 0.584. The second-order valence-corrected chi connectivity index (χ2v) is 5.41. The highest BCUT2D eigenvalue weighted by molar-refractivity contribution is 5.94. The van der Waals surface area contributed by atoms with Crippen molar-refractivity contribution in [2.75, 3.05) is 13.7 Å². The number of methoxy groups -OCH3 is 1. The van der Waals surface area contributed by atoms with Gasteiger partial charge >= 0.3 is 0 Å². The van der Waals surface area contributed by atoms with Gasteiger partial charge in [0.05, 0.1) is 0 Å². The van der Waals surface area contributed by atoms with Crippen LogP contribution in [0, 0.1) is 5.41 Å². The van der Waals surface area contributed by atoms with Crippen LogP contribution >= 0.6 is 0 Å². The molecule has 0 saturated heterocycles. The van der Waals surface area contributed by atoms with E-state index in [9.17, 15) is 4.79 Å².